The third kappa shape index (κ3) is 10.1. The molecule has 0 rings (SSSR count). The fourth-order valence-corrected chi connectivity index (χ4v) is 1.40. The zero-order valence-corrected chi connectivity index (χ0v) is 8.81. The minimum Gasteiger partial charge on any atom is -0.0887 e. The van der Waals surface area contributed by atoms with E-state index in [4.69, 9.17) is 7.85 Å². The predicted molar refractivity (Wildman–Crippen MR) is 57.7 cm³/mol. The molecule has 0 aromatic heterocycles. The van der Waals surface area contributed by atoms with Crippen molar-refractivity contribution in [2.45, 2.75) is 65.1 Å². The molecule has 0 atom stereocenters. The minimum absolute atomic E-state index is 0.867. The summed E-state index contributed by atoms with van der Waals surface area (Å²) in [5, 5.41) is 0. The Morgan fingerprint density at radius 2 is 1.33 bits per heavy atom. The second-order valence-corrected chi connectivity index (χ2v) is 4.09. The third-order valence-corrected chi connectivity index (χ3v) is 2.24. The summed E-state index contributed by atoms with van der Waals surface area (Å²) >= 11 is 0. The molecule has 0 aliphatic carbocycles. The van der Waals surface area contributed by atoms with Crippen LogP contribution in [-0.4, -0.2) is 7.85 Å². The van der Waals surface area contributed by atoms with Crippen LogP contribution in [0.4, 0.5) is 0 Å². The van der Waals surface area contributed by atoms with Gasteiger partial charge in [0.05, 0.1) is 7.85 Å². The minimum atomic E-state index is 0.867. The molecule has 0 aromatic rings. The highest BCUT2D eigenvalue weighted by Crippen LogP contribution is 2.11. The van der Waals surface area contributed by atoms with Gasteiger partial charge in [-0.3, -0.25) is 0 Å². The molecule has 0 aliphatic heterocycles. The summed E-state index contributed by atoms with van der Waals surface area (Å²) in [5.74, 6) is 0.883. The molecular formula is C11H23B. The molecule has 0 saturated heterocycles. The second-order valence-electron chi connectivity index (χ2n) is 4.09. The average Bonchev–Trinajstić information content (AvgIpc) is 2.02. The Balaban J connectivity index is 2.82. The van der Waals surface area contributed by atoms with Crippen LogP contribution in [0.1, 0.15) is 58.8 Å². The maximum Gasteiger partial charge on any atom is 0.0653 e. The molecule has 0 bridgehead atoms. The molecule has 12 heavy (non-hydrogen) atoms. The Labute approximate surface area is 79.5 Å². The quantitative estimate of drug-likeness (QED) is 0.378. The van der Waals surface area contributed by atoms with E-state index in [0.29, 0.717) is 0 Å². The van der Waals surface area contributed by atoms with Crippen LogP contribution >= 0.6 is 0 Å². The van der Waals surface area contributed by atoms with Gasteiger partial charge >= 0.3 is 0 Å². The lowest BCUT2D eigenvalue weighted by Gasteiger charge is -2.03. The zero-order chi connectivity index (χ0) is 9.23. The fourth-order valence-electron chi connectivity index (χ4n) is 1.40. The molecule has 70 valence electrons. The third-order valence-electron chi connectivity index (χ3n) is 2.24. The van der Waals surface area contributed by atoms with Crippen molar-refractivity contribution in [2.75, 3.05) is 0 Å². The molecule has 0 amide bonds. The van der Waals surface area contributed by atoms with E-state index in [-0.39, 0.29) is 0 Å². The van der Waals surface area contributed by atoms with Crippen molar-refractivity contribution >= 4 is 7.85 Å². The molecule has 0 nitrogen and oxygen atoms in total. The van der Waals surface area contributed by atoms with E-state index in [1.807, 2.05) is 0 Å². The molecule has 1 heteroatoms. The summed E-state index contributed by atoms with van der Waals surface area (Å²) in [5.41, 5.74) is 0. The maximum absolute atomic E-state index is 5.41. The van der Waals surface area contributed by atoms with Gasteiger partial charge < -0.3 is 0 Å². The second kappa shape index (κ2) is 9.16. The number of hydrogen-bond donors (Lipinski definition) is 0. The van der Waals surface area contributed by atoms with E-state index in [1.54, 1.807) is 0 Å². The largest absolute Gasteiger partial charge is 0.0887 e. The van der Waals surface area contributed by atoms with E-state index in [0.717, 1.165) is 12.2 Å². The van der Waals surface area contributed by atoms with Crippen LogP contribution in [0.3, 0.4) is 0 Å². The van der Waals surface area contributed by atoms with Crippen LogP contribution in [0.25, 0.3) is 0 Å². The van der Waals surface area contributed by atoms with E-state index in [1.165, 1.54) is 44.9 Å². The smallest absolute Gasteiger partial charge is 0.0653 e. The summed E-state index contributed by atoms with van der Waals surface area (Å²) < 4.78 is 0. The monoisotopic (exact) mass is 166 g/mol. The van der Waals surface area contributed by atoms with Gasteiger partial charge in [-0.05, 0) is 5.92 Å². The van der Waals surface area contributed by atoms with Crippen molar-refractivity contribution in [3.05, 3.63) is 0 Å². The van der Waals surface area contributed by atoms with Crippen LogP contribution in [0.2, 0.25) is 6.32 Å². The Kier molecular flexibility index (Phi) is 9.20. The molecule has 2 radical (unpaired) electrons. The lowest BCUT2D eigenvalue weighted by atomic mass is 9.98. The van der Waals surface area contributed by atoms with Crippen LogP contribution < -0.4 is 0 Å². The van der Waals surface area contributed by atoms with Crippen molar-refractivity contribution in [1.82, 2.24) is 0 Å². The molecular weight excluding hydrogens is 143 g/mol. The fraction of sp³-hybridized carbons (Fsp3) is 1.00. The van der Waals surface area contributed by atoms with Gasteiger partial charge in [0.1, 0.15) is 0 Å². The summed E-state index contributed by atoms with van der Waals surface area (Å²) in [6.45, 7) is 4.60. The summed E-state index contributed by atoms with van der Waals surface area (Å²) in [6.07, 6.45) is 10.4. The van der Waals surface area contributed by atoms with Crippen LogP contribution in [0, 0.1) is 5.92 Å². The van der Waals surface area contributed by atoms with E-state index >= 15 is 0 Å². The van der Waals surface area contributed by atoms with Crippen molar-refractivity contribution < 1.29 is 0 Å². The molecule has 0 aliphatic rings. The highest BCUT2D eigenvalue weighted by molar-refractivity contribution is 6.08. The first-order valence-electron chi connectivity index (χ1n) is 5.47. The lowest BCUT2D eigenvalue weighted by molar-refractivity contribution is 0.514. The zero-order valence-electron chi connectivity index (χ0n) is 8.81. The normalized spacial score (nSPS) is 10.9. The average molecular weight is 166 g/mol. The van der Waals surface area contributed by atoms with Gasteiger partial charge in [0.25, 0.3) is 0 Å². The van der Waals surface area contributed by atoms with Crippen molar-refractivity contribution in [2.24, 2.45) is 5.92 Å². The molecule has 0 aromatic carbocycles. The SMILES string of the molecule is [B]CCCCCCCCC(C)C. The van der Waals surface area contributed by atoms with Crippen molar-refractivity contribution in [3.8, 4) is 0 Å². The Bertz CT molecular complexity index is 79.1. The number of unbranched alkanes of at least 4 members (excludes halogenated alkanes) is 5. The molecule has 0 spiro atoms. The Morgan fingerprint density at radius 1 is 0.833 bits per heavy atom. The molecule has 0 saturated carbocycles. The Hall–Kier alpha value is 0.0649. The van der Waals surface area contributed by atoms with E-state index in [9.17, 15) is 0 Å². The highest BCUT2D eigenvalue weighted by atomic mass is 14.0. The first-order valence-corrected chi connectivity index (χ1v) is 5.47. The first-order chi connectivity index (χ1) is 5.77. The van der Waals surface area contributed by atoms with Gasteiger partial charge in [0.15, 0.2) is 0 Å². The van der Waals surface area contributed by atoms with Gasteiger partial charge in [-0.15, -0.1) is 0 Å². The molecule has 0 N–H and O–H groups in total. The Morgan fingerprint density at radius 3 is 1.83 bits per heavy atom. The van der Waals surface area contributed by atoms with Crippen LogP contribution in [0.5, 0.6) is 0 Å². The lowest BCUT2D eigenvalue weighted by Crippen LogP contribution is -1.87. The standard InChI is InChI=1S/C11H23B/c1-11(2)9-7-5-3-4-6-8-10-12/h11H,3-10H2,1-2H3. The van der Waals surface area contributed by atoms with Crippen molar-refractivity contribution in [3.63, 3.8) is 0 Å². The van der Waals surface area contributed by atoms with E-state index in [2.05, 4.69) is 13.8 Å². The number of rotatable bonds is 8. The van der Waals surface area contributed by atoms with Gasteiger partial charge in [-0.25, -0.2) is 0 Å². The summed E-state index contributed by atoms with van der Waals surface area (Å²) in [6, 6.07) is 0. The van der Waals surface area contributed by atoms with Crippen LogP contribution in [0.15, 0.2) is 0 Å². The first kappa shape index (κ1) is 12.1. The summed E-state index contributed by atoms with van der Waals surface area (Å²) in [4.78, 5) is 0. The van der Waals surface area contributed by atoms with Crippen LogP contribution in [-0.2, 0) is 0 Å². The van der Waals surface area contributed by atoms with E-state index < -0.39 is 0 Å². The summed E-state index contributed by atoms with van der Waals surface area (Å²) in [7, 11) is 5.41. The van der Waals surface area contributed by atoms with Gasteiger partial charge in [0, 0.05) is 0 Å². The van der Waals surface area contributed by atoms with Gasteiger partial charge in [-0.1, -0.05) is 65.1 Å². The number of hydrogen-bond acceptors (Lipinski definition) is 0. The molecule has 0 unspecified atom stereocenters. The molecule has 0 heterocycles. The topological polar surface area (TPSA) is 0 Å². The predicted octanol–water partition coefficient (Wildman–Crippen LogP) is 3.96. The van der Waals surface area contributed by atoms with Crippen molar-refractivity contribution in [1.29, 1.82) is 0 Å². The molecule has 0 fully saturated rings. The van der Waals surface area contributed by atoms with Gasteiger partial charge in [0.2, 0.25) is 0 Å². The highest BCUT2D eigenvalue weighted by Gasteiger charge is 1.93. The van der Waals surface area contributed by atoms with Gasteiger partial charge in [-0.2, -0.15) is 0 Å². The maximum atomic E-state index is 5.41.